The van der Waals surface area contributed by atoms with Gasteiger partial charge in [0.1, 0.15) is 66.2 Å². The average Bonchev–Trinajstić information content (AvgIpc) is 1.58. The van der Waals surface area contributed by atoms with Crippen molar-refractivity contribution < 1.29 is 76.9 Å². The lowest BCUT2D eigenvalue weighted by Gasteiger charge is -2.29. The third-order valence-electron chi connectivity index (χ3n) is 16.6. The lowest BCUT2D eigenvalue weighted by atomic mass is 9.99. The second kappa shape index (κ2) is 40.1. The van der Waals surface area contributed by atoms with Crippen molar-refractivity contribution in [2.75, 3.05) is 37.8 Å². The van der Waals surface area contributed by atoms with Crippen LogP contribution in [0.15, 0.2) is 103 Å². The van der Waals surface area contributed by atoms with Crippen molar-refractivity contribution in [2.45, 2.75) is 139 Å². The number of aromatic hydroxyl groups is 1. The minimum Gasteiger partial charge on any atom is -0.508 e. The fourth-order valence-corrected chi connectivity index (χ4v) is 13.2. The number of aliphatic carboxylic acids is 1. The molecule has 0 spiro atoms. The summed E-state index contributed by atoms with van der Waals surface area (Å²) in [5, 5.41) is 56.1. The zero-order valence-corrected chi connectivity index (χ0v) is 58.0. The number of amides is 12. The van der Waals surface area contributed by atoms with Crippen molar-refractivity contribution >= 4 is 104 Å². The van der Waals surface area contributed by atoms with Crippen LogP contribution in [0.5, 0.6) is 5.75 Å². The van der Waals surface area contributed by atoms with E-state index in [2.05, 4.69) is 63.5 Å². The van der Waals surface area contributed by atoms with Crippen LogP contribution in [-0.2, 0) is 83.3 Å². The molecule has 3 heterocycles. The van der Waals surface area contributed by atoms with Gasteiger partial charge in [-0.3, -0.25) is 77.1 Å². The Morgan fingerprint density at radius 3 is 1.98 bits per heavy atom. The van der Waals surface area contributed by atoms with E-state index in [0.717, 1.165) is 27.2 Å². The molecule has 12 amide bonds. The van der Waals surface area contributed by atoms with E-state index < -0.39 is 186 Å². The molecule has 6 rings (SSSR count). The van der Waals surface area contributed by atoms with E-state index in [1.165, 1.54) is 74.5 Å². The average molecular weight is 1450 g/mol. The molecule has 2 fully saturated rings. The largest absolute Gasteiger partial charge is 0.508 e. The van der Waals surface area contributed by atoms with E-state index in [1.54, 1.807) is 54.6 Å². The smallest absolute Gasteiger partial charge is 0.305 e. The first kappa shape index (κ1) is 80.6. The molecule has 11 atom stereocenters. The second-order valence-corrected chi connectivity index (χ2v) is 27.3. The summed E-state index contributed by atoms with van der Waals surface area (Å²) in [6.45, 7) is 2.69. The highest BCUT2D eigenvalue weighted by Gasteiger charge is 2.40. The van der Waals surface area contributed by atoms with Gasteiger partial charge in [-0.1, -0.05) is 103 Å². The molecule has 1 unspecified atom stereocenters. The number of nitrogens with two attached hydrogens (primary N) is 3. The molecule has 1 aromatic heterocycles. The number of primary amides is 1. The minimum atomic E-state index is -1.95. The van der Waals surface area contributed by atoms with Crippen LogP contribution >= 0.6 is 21.6 Å². The first-order valence-corrected chi connectivity index (χ1v) is 35.3. The van der Waals surface area contributed by atoms with E-state index in [9.17, 15) is 67.3 Å². The number of carbonyl (C=O) groups is 13. The van der Waals surface area contributed by atoms with Crippen molar-refractivity contribution in [3.05, 3.63) is 131 Å². The zero-order chi connectivity index (χ0) is 74.6. The highest BCUT2D eigenvalue weighted by atomic mass is 33.1. The normalized spacial score (nSPS) is 21.1. The third kappa shape index (κ3) is 25.3. The van der Waals surface area contributed by atoms with Gasteiger partial charge in [0.2, 0.25) is 65.0 Å². The Morgan fingerprint density at radius 1 is 0.706 bits per heavy atom. The number of benzene rings is 3. The zero-order valence-electron chi connectivity index (χ0n) is 56.4. The summed E-state index contributed by atoms with van der Waals surface area (Å²) >= 11 is 0. The standard InChI is InChI=1S/C67H88FN17O15S2/c1-36(2)54-65(99)75-33-52(87)85-25-9-14-51(85)64(98)79-46(26-38-15-17-40(31-69)18-16-38)59(93)82-50(63(97)77-45(56(70)90)28-41-10-7-23-73-32-41)35-102-101-34-49(62(96)76-44(13-8-24-74-67(71)72)58(92)78-48(29-53(88)89)61(95)83-54)81-60(94)47(27-39-19-21-43(86)22-20-39)80-66(100)55(37(3)30-68)84-57(91)42-11-5-4-6-12-42/h4-7,10-12,15-23,32,36-37,44-51,54-55,86H,8-9,13-14,24-31,33-35,69H2,1-3H3,(H2,70,90)(H,75,99)(H,76,96)(H,77,97)(H,78,92)(H,79,98)(H,80,100)(H,81,94)(H,82,93)(H,83,95)(H,84,91)(H,88,89)(H4,71,72,74)/t37?,44-,45-,46-,47-,48-,49-,50-,51-,54-,55+/m0/s1. The monoisotopic (exact) mass is 1450 g/mol. The molecule has 2 saturated heterocycles. The third-order valence-corrected chi connectivity index (χ3v) is 19.0. The topological polar surface area (TPSA) is 513 Å². The fourth-order valence-electron chi connectivity index (χ4n) is 10.9. The van der Waals surface area contributed by atoms with Gasteiger partial charge in [-0.15, -0.1) is 0 Å². The number of phenolic OH excluding ortho intramolecular Hbond substituents is 1. The lowest BCUT2D eigenvalue weighted by molar-refractivity contribution is -0.142. The molecule has 0 aliphatic carbocycles. The number of carbonyl (C=O) groups excluding carboxylic acids is 12. The summed E-state index contributed by atoms with van der Waals surface area (Å²) in [5.41, 5.74) is 19.4. The Kier molecular flexibility index (Phi) is 31.7. The van der Waals surface area contributed by atoms with E-state index in [-0.39, 0.29) is 69.5 Å². The number of alkyl halides is 1. The van der Waals surface area contributed by atoms with Crippen LogP contribution in [0.25, 0.3) is 0 Å². The Balaban J connectivity index is 1.45. The Labute approximate surface area is 595 Å². The van der Waals surface area contributed by atoms with Crippen LogP contribution in [0.3, 0.4) is 0 Å². The minimum absolute atomic E-state index is 0.0380. The highest BCUT2D eigenvalue weighted by Crippen LogP contribution is 2.25. The Bertz CT molecular complexity index is 3610. The number of guanidine groups is 1. The summed E-state index contributed by atoms with van der Waals surface area (Å²) in [6.07, 6.45) is 1.13. The number of halogens is 1. The van der Waals surface area contributed by atoms with Gasteiger partial charge in [-0.2, -0.15) is 0 Å². The second-order valence-electron chi connectivity index (χ2n) is 24.8. The summed E-state index contributed by atoms with van der Waals surface area (Å²) in [7, 11) is 1.65. The quantitative estimate of drug-likeness (QED) is 0.0147. The number of fused-ring (bicyclic) bond motifs is 1. The molecular weight excluding hydrogens is 1370 g/mol. The number of nitrogens with one attached hydrogen (secondary N) is 12. The Morgan fingerprint density at radius 2 is 1.34 bits per heavy atom. The first-order valence-electron chi connectivity index (χ1n) is 32.8. The predicted octanol–water partition coefficient (Wildman–Crippen LogP) is -2.06. The number of rotatable bonds is 25. The molecule has 550 valence electrons. The van der Waals surface area contributed by atoms with Crippen molar-refractivity contribution in [3.63, 3.8) is 0 Å². The van der Waals surface area contributed by atoms with Crippen molar-refractivity contribution in [3.8, 4) is 5.75 Å². The maximum Gasteiger partial charge on any atom is 0.305 e. The molecule has 3 aromatic carbocycles. The van der Waals surface area contributed by atoms with Gasteiger partial charge in [0.05, 0.1) is 19.6 Å². The number of hydrogen-bond acceptors (Lipinski definition) is 19. The first-order chi connectivity index (χ1) is 48.6. The highest BCUT2D eigenvalue weighted by molar-refractivity contribution is 8.76. The van der Waals surface area contributed by atoms with Crippen molar-refractivity contribution in [1.82, 2.24) is 68.4 Å². The summed E-state index contributed by atoms with van der Waals surface area (Å²) in [6, 6.07) is 7.09. The van der Waals surface area contributed by atoms with Gasteiger partial charge in [0.25, 0.3) is 5.91 Å². The number of nitrogens with zero attached hydrogens (tertiary/aromatic N) is 2. The molecule has 32 nitrogen and oxygen atoms in total. The van der Waals surface area contributed by atoms with Gasteiger partial charge in [-0.05, 0) is 84.2 Å². The molecule has 102 heavy (non-hydrogen) atoms. The molecule has 35 heteroatoms. The van der Waals surface area contributed by atoms with E-state index in [0.29, 0.717) is 23.1 Å². The van der Waals surface area contributed by atoms with Crippen LogP contribution in [0.4, 0.5) is 4.39 Å². The van der Waals surface area contributed by atoms with Crippen LogP contribution < -0.4 is 75.7 Å². The number of carboxylic acids is 1. The number of hydrogen-bond donors (Lipinski definition) is 17. The van der Waals surface area contributed by atoms with Gasteiger partial charge in [-0.25, -0.2) is 0 Å². The molecule has 0 radical (unpaired) electrons. The maximum atomic E-state index is 15.2. The number of phenols is 1. The van der Waals surface area contributed by atoms with Crippen LogP contribution in [0.1, 0.15) is 85.5 Å². The van der Waals surface area contributed by atoms with Crippen molar-refractivity contribution in [2.24, 2.45) is 29.0 Å². The number of carboxylic acid groups (broad SMARTS) is 1. The molecular formula is C67H88FN17O15S2. The number of aromatic nitrogens is 1. The summed E-state index contributed by atoms with van der Waals surface area (Å²) < 4.78 is 14.6. The fraction of sp³-hybridized carbons (Fsp3) is 0.448. The predicted molar refractivity (Wildman–Crippen MR) is 374 cm³/mol. The maximum absolute atomic E-state index is 15.2. The van der Waals surface area contributed by atoms with Crippen molar-refractivity contribution in [1.29, 1.82) is 5.41 Å². The summed E-state index contributed by atoms with van der Waals surface area (Å²) in [5.74, 6) is -16.8. The van der Waals surface area contributed by atoms with E-state index in [1.807, 2.05) is 0 Å². The summed E-state index contributed by atoms with van der Waals surface area (Å²) in [4.78, 5) is 190. The molecule has 4 aromatic rings. The molecule has 2 aliphatic heterocycles. The molecule has 0 bridgehead atoms. The van der Waals surface area contributed by atoms with Crippen LogP contribution in [0, 0.1) is 17.2 Å². The lowest BCUT2D eigenvalue weighted by Crippen LogP contribution is -2.61. The van der Waals surface area contributed by atoms with Crippen LogP contribution in [0.2, 0.25) is 0 Å². The molecule has 0 saturated carbocycles. The van der Waals surface area contributed by atoms with E-state index in [4.69, 9.17) is 22.6 Å². The van der Waals surface area contributed by atoms with Gasteiger partial charge in [0.15, 0.2) is 5.96 Å². The Hall–Kier alpha value is -10.4. The molecule has 2 aliphatic rings. The molecule has 20 N–H and O–H groups in total. The van der Waals surface area contributed by atoms with Gasteiger partial charge in [0, 0.05) is 74.3 Å². The van der Waals surface area contributed by atoms with E-state index >= 15 is 9.59 Å². The SMILES string of the molecule is CC(C)[C@@H]1NC(=O)[C@H](CC(=O)O)NC(=O)[C@H](CCCNC(=N)N)NC(=O)[C@@H](NC(=O)[C@H](Cc2ccc(O)cc2)NC(=O)[C@H](NC(=O)c2ccccc2)C(C)CF)CSSC[C@@H](C(=O)N[C@@H](Cc2cccnc2)C(N)=O)NC(=O)[C@H](Cc2ccc(CN)cc2)NC(=O)[C@@H]2CCCN2C(=O)CNC1=O. The number of pyridine rings is 1. The van der Waals surface area contributed by atoms with Gasteiger partial charge >= 0.3 is 5.97 Å². The van der Waals surface area contributed by atoms with Crippen LogP contribution in [-0.4, -0.2) is 201 Å². The van der Waals surface area contributed by atoms with Gasteiger partial charge < -0.3 is 90.8 Å².